The molecule has 27 heavy (non-hydrogen) atoms. The number of aryl methyl sites for hydroxylation is 1. The molecule has 0 amide bonds. The van der Waals surface area contributed by atoms with Crippen molar-refractivity contribution in [3.8, 4) is 5.75 Å². The van der Waals surface area contributed by atoms with Crippen molar-refractivity contribution in [2.24, 2.45) is 0 Å². The van der Waals surface area contributed by atoms with Gasteiger partial charge in [-0.3, -0.25) is 0 Å². The lowest BCUT2D eigenvalue weighted by atomic mass is 9.95. The summed E-state index contributed by atoms with van der Waals surface area (Å²) in [6.45, 7) is 2.72. The van der Waals surface area contributed by atoms with Crippen LogP contribution in [0.4, 0.5) is 5.00 Å². The molecule has 1 aromatic heterocycles. The molecule has 1 aliphatic rings. The van der Waals surface area contributed by atoms with Crippen LogP contribution in [0.15, 0.2) is 24.3 Å². The van der Waals surface area contributed by atoms with Crippen LogP contribution in [0, 0.1) is 0 Å². The summed E-state index contributed by atoms with van der Waals surface area (Å²) in [5.41, 5.74) is 2.79. The Bertz CT molecular complexity index is 833. The van der Waals surface area contributed by atoms with Gasteiger partial charge in [-0.05, 0) is 56.5 Å². The predicted molar refractivity (Wildman–Crippen MR) is 113 cm³/mol. The molecule has 0 bridgehead atoms. The van der Waals surface area contributed by atoms with Gasteiger partial charge in [-0.25, -0.2) is 4.79 Å². The fraction of sp³-hybridized carbons (Fsp3) is 0.400. The van der Waals surface area contributed by atoms with E-state index in [1.54, 1.807) is 18.4 Å². The summed E-state index contributed by atoms with van der Waals surface area (Å²) in [6, 6.07) is 7.80. The van der Waals surface area contributed by atoms with Gasteiger partial charge in [-0.1, -0.05) is 18.2 Å². The van der Waals surface area contributed by atoms with Crippen LogP contribution in [0.25, 0.3) is 0 Å². The van der Waals surface area contributed by atoms with Gasteiger partial charge in [0, 0.05) is 17.0 Å². The normalized spacial score (nSPS) is 12.8. The van der Waals surface area contributed by atoms with Crippen molar-refractivity contribution in [3.05, 3.63) is 45.8 Å². The summed E-state index contributed by atoms with van der Waals surface area (Å²) in [7, 11) is 1.65. The molecule has 1 aromatic carbocycles. The number of benzene rings is 1. The van der Waals surface area contributed by atoms with E-state index in [2.05, 4.69) is 10.6 Å². The molecular weight excluding hydrogens is 380 g/mol. The van der Waals surface area contributed by atoms with Crippen molar-refractivity contribution in [2.75, 3.05) is 19.0 Å². The quantitative estimate of drug-likeness (QED) is 0.553. The minimum Gasteiger partial charge on any atom is -0.496 e. The molecule has 1 heterocycles. The number of fused-ring (bicyclic) bond motifs is 1. The van der Waals surface area contributed by atoms with Gasteiger partial charge in [0.05, 0.1) is 19.3 Å². The van der Waals surface area contributed by atoms with E-state index in [-0.39, 0.29) is 5.97 Å². The topological polar surface area (TPSA) is 59.6 Å². The first-order valence-corrected chi connectivity index (χ1v) is 10.3. The van der Waals surface area contributed by atoms with E-state index in [0.29, 0.717) is 23.8 Å². The number of esters is 1. The van der Waals surface area contributed by atoms with Crippen LogP contribution in [0.1, 0.15) is 46.1 Å². The molecule has 5 nitrogen and oxygen atoms in total. The average Bonchev–Trinajstić information content (AvgIpc) is 3.04. The number of anilines is 1. The van der Waals surface area contributed by atoms with Gasteiger partial charge in [0.15, 0.2) is 5.11 Å². The standard InChI is InChI=1S/C20H24N2O3S2/c1-3-25-19(23)17-14-9-5-7-11-16(14)27-18(17)22-20(26)21-12-13-8-4-6-10-15(13)24-2/h4,6,8,10H,3,5,7,9,11-12H2,1-2H3,(H2,21,22,26). The van der Waals surface area contributed by atoms with E-state index in [9.17, 15) is 4.79 Å². The van der Waals surface area contributed by atoms with Gasteiger partial charge in [0.2, 0.25) is 0 Å². The number of carbonyl (C=O) groups is 1. The number of carbonyl (C=O) groups excluding carboxylic acids is 1. The third kappa shape index (κ3) is 4.59. The second kappa shape index (κ2) is 9.19. The van der Waals surface area contributed by atoms with Gasteiger partial charge in [-0.2, -0.15) is 0 Å². The molecule has 0 radical (unpaired) electrons. The number of nitrogens with one attached hydrogen (secondary N) is 2. The third-order valence-corrected chi connectivity index (χ3v) is 5.96. The number of methoxy groups -OCH3 is 1. The van der Waals surface area contributed by atoms with Crippen molar-refractivity contribution >= 4 is 39.6 Å². The van der Waals surface area contributed by atoms with E-state index in [4.69, 9.17) is 21.7 Å². The highest BCUT2D eigenvalue weighted by Crippen LogP contribution is 2.38. The van der Waals surface area contributed by atoms with Crippen molar-refractivity contribution in [3.63, 3.8) is 0 Å². The molecule has 1 aliphatic carbocycles. The molecular formula is C20H24N2O3S2. The van der Waals surface area contributed by atoms with Gasteiger partial charge in [0.1, 0.15) is 10.8 Å². The van der Waals surface area contributed by atoms with E-state index in [1.807, 2.05) is 31.2 Å². The van der Waals surface area contributed by atoms with Crippen molar-refractivity contribution in [2.45, 2.75) is 39.2 Å². The van der Waals surface area contributed by atoms with Crippen LogP contribution in [0.2, 0.25) is 0 Å². The minimum absolute atomic E-state index is 0.271. The molecule has 0 spiro atoms. The second-order valence-corrected chi connectivity index (χ2v) is 7.77. The number of ether oxygens (including phenoxy) is 2. The highest BCUT2D eigenvalue weighted by atomic mass is 32.1. The van der Waals surface area contributed by atoms with E-state index >= 15 is 0 Å². The first kappa shape index (κ1) is 19.6. The smallest absolute Gasteiger partial charge is 0.341 e. The number of rotatable bonds is 6. The van der Waals surface area contributed by atoms with Crippen LogP contribution in [-0.4, -0.2) is 24.8 Å². The monoisotopic (exact) mass is 404 g/mol. The van der Waals surface area contributed by atoms with Crippen molar-refractivity contribution in [1.29, 1.82) is 0 Å². The van der Waals surface area contributed by atoms with E-state index in [1.165, 1.54) is 4.88 Å². The molecule has 144 valence electrons. The summed E-state index contributed by atoms with van der Waals surface area (Å²) in [6.07, 6.45) is 4.19. The Morgan fingerprint density at radius 1 is 1.26 bits per heavy atom. The maximum absolute atomic E-state index is 12.5. The highest BCUT2D eigenvalue weighted by molar-refractivity contribution is 7.80. The fourth-order valence-corrected chi connectivity index (χ4v) is 4.77. The summed E-state index contributed by atoms with van der Waals surface area (Å²) in [5.74, 6) is 0.540. The Hall–Kier alpha value is -2.12. The number of thiophene rings is 1. The maximum Gasteiger partial charge on any atom is 0.341 e. The number of hydrogen-bond donors (Lipinski definition) is 2. The predicted octanol–water partition coefficient (Wildman–Crippen LogP) is 4.30. The minimum atomic E-state index is -0.271. The molecule has 3 rings (SSSR count). The Balaban J connectivity index is 1.73. The van der Waals surface area contributed by atoms with Crippen LogP contribution < -0.4 is 15.4 Å². The fourth-order valence-electron chi connectivity index (χ4n) is 3.24. The Kier molecular flexibility index (Phi) is 6.68. The second-order valence-electron chi connectivity index (χ2n) is 6.26. The molecule has 0 fully saturated rings. The van der Waals surface area contributed by atoms with Crippen LogP contribution in [-0.2, 0) is 24.1 Å². The zero-order valence-electron chi connectivity index (χ0n) is 15.6. The van der Waals surface area contributed by atoms with E-state index < -0.39 is 0 Å². The molecule has 0 aliphatic heterocycles. The van der Waals surface area contributed by atoms with Gasteiger partial charge < -0.3 is 20.1 Å². The summed E-state index contributed by atoms with van der Waals surface area (Å²) in [4.78, 5) is 13.8. The van der Waals surface area contributed by atoms with Crippen LogP contribution in [0.3, 0.4) is 0 Å². The molecule has 0 atom stereocenters. The maximum atomic E-state index is 12.5. The lowest BCUT2D eigenvalue weighted by Gasteiger charge is -2.14. The number of thiocarbonyl (C=S) groups is 1. The molecule has 0 saturated heterocycles. The molecule has 0 unspecified atom stereocenters. The van der Waals surface area contributed by atoms with Gasteiger partial charge in [-0.15, -0.1) is 11.3 Å². The Morgan fingerprint density at radius 2 is 2.04 bits per heavy atom. The summed E-state index contributed by atoms with van der Waals surface area (Å²) < 4.78 is 10.6. The zero-order chi connectivity index (χ0) is 19.2. The van der Waals surface area contributed by atoms with Crippen molar-refractivity contribution in [1.82, 2.24) is 5.32 Å². The average molecular weight is 405 g/mol. The van der Waals surface area contributed by atoms with Gasteiger partial charge >= 0.3 is 5.97 Å². The molecule has 0 saturated carbocycles. The first-order valence-electron chi connectivity index (χ1n) is 9.12. The number of hydrogen-bond acceptors (Lipinski definition) is 5. The number of para-hydroxylation sites is 1. The molecule has 2 N–H and O–H groups in total. The molecule has 7 heteroatoms. The Labute approximate surface area is 169 Å². The molecule has 2 aromatic rings. The Morgan fingerprint density at radius 3 is 2.81 bits per heavy atom. The summed E-state index contributed by atoms with van der Waals surface area (Å²) in [5, 5.41) is 7.66. The zero-order valence-corrected chi connectivity index (χ0v) is 17.2. The third-order valence-electron chi connectivity index (χ3n) is 4.51. The lowest BCUT2D eigenvalue weighted by molar-refractivity contribution is 0.0526. The van der Waals surface area contributed by atoms with Crippen LogP contribution in [0.5, 0.6) is 5.75 Å². The lowest BCUT2D eigenvalue weighted by Crippen LogP contribution is -2.28. The van der Waals surface area contributed by atoms with Gasteiger partial charge in [0.25, 0.3) is 0 Å². The summed E-state index contributed by atoms with van der Waals surface area (Å²) >= 11 is 7.07. The SMILES string of the molecule is CCOC(=O)c1c(NC(=S)NCc2ccccc2OC)sc2c1CCCC2. The largest absolute Gasteiger partial charge is 0.496 e. The van der Waals surface area contributed by atoms with Crippen molar-refractivity contribution < 1.29 is 14.3 Å². The van der Waals surface area contributed by atoms with Crippen LogP contribution >= 0.6 is 23.6 Å². The highest BCUT2D eigenvalue weighted by Gasteiger charge is 2.26. The van der Waals surface area contributed by atoms with E-state index in [0.717, 1.165) is 47.6 Å². The first-order chi connectivity index (χ1) is 13.1.